The number of aromatic amines is 1. The van der Waals surface area contributed by atoms with Crippen LogP contribution < -0.4 is 4.74 Å². The van der Waals surface area contributed by atoms with Crippen molar-refractivity contribution in [3.63, 3.8) is 0 Å². The van der Waals surface area contributed by atoms with Crippen molar-refractivity contribution >= 4 is 0 Å². The number of H-pyrrole nitrogens is 1. The summed E-state index contributed by atoms with van der Waals surface area (Å²) in [5.74, 6) is 0.784. The van der Waals surface area contributed by atoms with E-state index in [1.807, 2.05) is 0 Å². The molecule has 3 heterocycles. The molecule has 0 saturated heterocycles. The monoisotopic (exact) mass is 333 g/mol. The number of hydrogen-bond acceptors (Lipinski definition) is 5. The Kier molecular flexibility index (Phi) is 3.22. The zero-order chi connectivity index (χ0) is 16.7. The highest BCUT2D eigenvalue weighted by Gasteiger charge is 2.33. The number of alkyl halides is 3. The molecule has 0 saturated carbocycles. The van der Waals surface area contributed by atoms with Crippen LogP contribution in [0, 0.1) is 0 Å². The average Bonchev–Trinajstić information content (AvgIpc) is 3.23. The summed E-state index contributed by atoms with van der Waals surface area (Å²) in [7, 11) is 0. The van der Waals surface area contributed by atoms with E-state index in [1.165, 1.54) is 6.07 Å². The van der Waals surface area contributed by atoms with Gasteiger partial charge in [0.05, 0.1) is 11.3 Å². The van der Waals surface area contributed by atoms with Crippen LogP contribution in [-0.4, -0.2) is 25.6 Å². The highest BCUT2D eigenvalue weighted by atomic mass is 19.4. The fourth-order valence-corrected chi connectivity index (χ4v) is 2.62. The van der Waals surface area contributed by atoms with Gasteiger partial charge in [0, 0.05) is 6.42 Å². The maximum absolute atomic E-state index is 12.8. The molecule has 1 aromatic carbocycles. The van der Waals surface area contributed by atoms with Gasteiger partial charge in [0.2, 0.25) is 5.82 Å². The van der Waals surface area contributed by atoms with Gasteiger partial charge in [-0.05, 0) is 41.1 Å². The van der Waals surface area contributed by atoms with E-state index in [0.29, 0.717) is 34.9 Å². The third kappa shape index (κ3) is 2.57. The Morgan fingerprint density at radius 3 is 2.79 bits per heavy atom. The molecule has 2 aromatic heterocycles. The summed E-state index contributed by atoms with van der Waals surface area (Å²) in [6.07, 6.45) is -4.50. The van der Waals surface area contributed by atoms with Gasteiger partial charge >= 0.3 is 6.18 Å². The number of nitrogens with zero attached hydrogens (tertiary/aromatic N) is 4. The zero-order valence-electron chi connectivity index (χ0n) is 12.1. The maximum atomic E-state index is 12.8. The number of halogens is 3. The standard InChI is InChI=1S/C15H10F3N5O/c16-15(17,18)9-4-5-12-8(6-9)7-13(24-12)10-2-1-3-11(19-10)14-20-22-23-21-14/h1-6,13H,7H2,(H,20,21,22,23). The topological polar surface area (TPSA) is 76.6 Å². The molecule has 0 bridgehead atoms. The van der Waals surface area contributed by atoms with E-state index in [2.05, 4.69) is 25.6 Å². The van der Waals surface area contributed by atoms with Gasteiger partial charge in [0.15, 0.2) is 0 Å². The predicted octanol–water partition coefficient (Wildman–Crippen LogP) is 2.96. The van der Waals surface area contributed by atoms with Crippen LogP contribution in [0.5, 0.6) is 5.75 Å². The number of aromatic nitrogens is 5. The van der Waals surface area contributed by atoms with Crippen molar-refractivity contribution in [1.82, 2.24) is 25.6 Å². The van der Waals surface area contributed by atoms with Crippen molar-refractivity contribution in [3.8, 4) is 17.3 Å². The van der Waals surface area contributed by atoms with Crippen molar-refractivity contribution in [2.75, 3.05) is 0 Å². The highest BCUT2D eigenvalue weighted by Crippen LogP contribution is 2.40. The second-order valence-corrected chi connectivity index (χ2v) is 5.31. The van der Waals surface area contributed by atoms with Crippen LogP contribution in [0.3, 0.4) is 0 Å². The lowest BCUT2D eigenvalue weighted by molar-refractivity contribution is -0.137. The minimum absolute atomic E-state index is 0.321. The van der Waals surface area contributed by atoms with Crippen LogP contribution in [0.2, 0.25) is 0 Å². The van der Waals surface area contributed by atoms with E-state index >= 15 is 0 Å². The van der Waals surface area contributed by atoms with Crippen LogP contribution in [0.4, 0.5) is 13.2 Å². The minimum Gasteiger partial charge on any atom is -0.483 e. The van der Waals surface area contributed by atoms with Crippen LogP contribution in [0.15, 0.2) is 36.4 Å². The Hall–Kier alpha value is -2.97. The number of fused-ring (bicyclic) bond motifs is 1. The van der Waals surface area contributed by atoms with E-state index in [4.69, 9.17) is 4.74 Å². The SMILES string of the molecule is FC(F)(F)c1ccc2c(c1)CC(c1cccc(-c3nn[nH]n3)n1)O2. The summed E-state index contributed by atoms with van der Waals surface area (Å²) in [6, 6.07) is 8.73. The summed E-state index contributed by atoms with van der Waals surface area (Å²) in [6.45, 7) is 0. The summed E-state index contributed by atoms with van der Waals surface area (Å²) >= 11 is 0. The molecule has 24 heavy (non-hydrogen) atoms. The fraction of sp³-hybridized carbons (Fsp3) is 0.200. The number of rotatable bonds is 2. The molecule has 6 nitrogen and oxygen atoms in total. The number of tetrazole rings is 1. The quantitative estimate of drug-likeness (QED) is 0.780. The lowest BCUT2D eigenvalue weighted by Gasteiger charge is -2.10. The Morgan fingerprint density at radius 1 is 1.17 bits per heavy atom. The maximum Gasteiger partial charge on any atom is 0.416 e. The highest BCUT2D eigenvalue weighted by molar-refractivity contribution is 5.48. The van der Waals surface area contributed by atoms with Gasteiger partial charge in [-0.25, -0.2) is 4.98 Å². The van der Waals surface area contributed by atoms with Gasteiger partial charge in [-0.1, -0.05) is 6.07 Å². The minimum atomic E-state index is -4.37. The Balaban J connectivity index is 1.62. The smallest absolute Gasteiger partial charge is 0.416 e. The van der Waals surface area contributed by atoms with Gasteiger partial charge in [0.1, 0.15) is 17.5 Å². The number of hydrogen-bond donors (Lipinski definition) is 1. The van der Waals surface area contributed by atoms with Crippen molar-refractivity contribution in [1.29, 1.82) is 0 Å². The second kappa shape index (κ2) is 5.29. The fourth-order valence-electron chi connectivity index (χ4n) is 2.62. The number of benzene rings is 1. The molecule has 1 aliphatic heterocycles. The summed E-state index contributed by atoms with van der Waals surface area (Å²) < 4.78 is 44.2. The van der Waals surface area contributed by atoms with Crippen LogP contribution in [0.25, 0.3) is 11.5 Å². The Bertz CT molecular complexity index is 879. The van der Waals surface area contributed by atoms with Gasteiger partial charge in [-0.15, -0.1) is 10.2 Å². The molecular weight excluding hydrogens is 323 g/mol. The molecule has 122 valence electrons. The summed E-state index contributed by atoms with van der Waals surface area (Å²) in [5.41, 5.74) is 0.944. The first kappa shape index (κ1) is 14.6. The summed E-state index contributed by atoms with van der Waals surface area (Å²) in [5, 5.41) is 13.5. The van der Waals surface area contributed by atoms with Crippen LogP contribution in [0.1, 0.15) is 22.9 Å². The molecule has 1 unspecified atom stereocenters. The van der Waals surface area contributed by atoms with Crippen LogP contribution >= 0.6 is 0 Å². The van der Waals surface area contributed by atoms with Gasteiger partial charge in [0.25, 0.3) is 0 Å². The number of ether oxygens (including phenoxy) is 1. The van der Waals surface area contributed by atoms with Gasteiger partial charge < -0.3 is 4.74 Å². The zero-order valence-corrected chi connectivity index (χ0v) is 12.1. The Labute approximate surface area is 133 Å². The molecule has 0 radical (unpaired) electrons. The lowest BCUT2D eigenvalue weighted by Crippen LogP contribution is -2.06. The van der Waals surface area contributed by atoms with Crippen molar-refractivity contribution in [2.45, 2.75) is 18.7 Å². The van der Waals surface area contributed by atoms with Crippen LogP contribution in [-0.2, 0) is 12.6 Å². The number of pyridine rings is 1. The van der Waals surface area contributed by atoms with E-state index in [1.54, 1.807) is 18.2 Å². The third-order valence-corrected chi connectivity index (χ3v) is 3.74. The van der Waals surface area contributed by atoms with Gasteiger partial charge in [-0.2, -0.15) is 18.4 Å². The molecule has 0 fully saturated rings. The predicted molar refractivity (Wildman–Crippen MR) is 75.9 cm³/mol. The van der Waals surface area contributed by atoms with Crippen molar-refractivity contribution in [3.05, 3.63) is 53.2 Å². The van der Waals surface area contributed by atoms with Crippen molar-refractivity contribution < 1.29 is 17.9 Å². The molecule has 3 aromatic rings. The van der Waals surface area contributed by atoms with E-state index < -0.39 is 17.8 Å². The summed E-state index contributed by atoms with van der Waals surface area (Å²) in [4.78, 5) is 4.42. The molecular formula is C15H10F3N5O. The van der Waals surface area contributed by atoms with E-state index in [-0.39, 0.29) is 0 Å². The van der Waals surface area contributed by atoms with Gasteiger partial charge in [-0.3, -0.25) is 0 Å². The lowest BCUT2D eigenvalue weighted by atomic mass is 10.0. The Morgan fingerprint density at radius 2 is 2.04 bits per heavy atom. The molecule has 1 atom stereocenters. The molecule has 4 rings (SSSR count). The molecule has 1 aliphatic rings. The van der Waals surface area contributed by atoms with E-state index in [9.17, 15) is 13.2 Å². The average molecular weight is 333 g/mol. The number of nitrogens with one attached hydrogen (secondary N) is 1. The first-order valence-corrected chi connectivity index (χ1v) is 7.08. The normalized spacial score (nSPS) is 16.7. The first-order valence-electron chi connectivity index (χ1n) is 7.08. The molecule has 0 spiro atoms. The van der Waals surface area contributed by atoms with E-state index in [0.717, 1.165) is 12.1 Å². The molecule has 0 amide bonds. The second-order valence-electron chi connectivity index (χ2n) is 5.31. The third-order valence-electron chi connectivity index (χ3n) is 3.74. The first-order chi connectivity index (χ1) is 11.5. The largest absolute Gasteiger partial charge is 0.483 e. The van der Waals surface area contributed by atoms with Crippen molar-refractivity contribution in [2.24, 2.45) is 0 Å². The molecule has 9 heteroatoms. The molecule has 1 N–H and O–H groups in total. The molecule has 0 aliphatic carbocycles.